The molecule has 0 aromatic heterocycles. The summed E-state index contributed by atoms with van der Waals surface area (Å²) >= 11 is 0. The number of rotatable bonds is 19. The summed E-state index contributed by atoms with van der Waals surface area (Å²) in [6.45, 7) is 3.20. The summed E-state index contributed by atoms with van der Waals surface area (Å²) < 4.78 is 81.6. The second kappa shape index (κ2) is 19.7. The molecule has 1 aliphatic carbocycles. The Balaban J connectivity index is 0.900. The van der Waals surface area contributed by atoms with Crippen LogP contribution in [0.25, 0.3) is 22.3 Å². The molecule has 2 nitrogen and oxygen atoms in total. The molecule has 0 aliphatic heterocycles. The zero-order valence-electron chi connectivity index (χ0n) is 29.8. The van der Waals surface area contributed by atoms with Crippen LogP contribution in [0.2, 0.25) is 0 Å². The van der Waals surface area contributed by atoms with Crippen LogP contribution < -0.4 is 9.47 Å². The summed E-state index contributed by atoms with van der Waals surface area (Å²) in [7, 11) is 0. The second-order valence-corrected chi connectivity index (χ2v) is 14.0. The lowest BCUT2D eigenvalue weighted by molar-refractivity contribution is 0.285. The molecule has 274 valence electrons. The Morgan fingerprint density at radius 1 is 0.529 bits per heavy atom. The summed E-state index contributed by atoms with van der Waals surface area (Å²) in [5.41, 5.74) is 3.09. The minimum atomic E-state index is -1.47. The Morgan fingerprint density at radius 3 is 1.67 bits per heavy atom. The van der Waals surface area contributed by atoms with Gasteiger partial charge in [0.25, 0.3) is 0 Å². The molecule has 5 rings (SSSR count). The van der Waals surface area contributed by atoms with Crippen molar-refractivity contribution in [1.82, 2.24) is 0 Å². The molecule has 4 aromatic carbocycles. The van der Waals surface area contributed by atoms with Crippen LogP contribution in [-0.4, -0.2) is 13.2 Å². The van der Waals surface area contributed by atoms with Crippen LogP contribution in [0.5, 0.6) is 11.5 Å². The highest BCUT2D eigenvalue weighted by atomic mass is 19.2. The fourth-order valence-corrected chi connectivity index (χ4v) is 7.27. The first-order valence-electron chi connectivity index (χ1n) is 18.9. The molecular formula is C44H51F5O2. The van der Waals surface area contributed by atoms with Crippen molar-refractivity contribution in [3.63, 3.8) is 0 Å². The molecule has 0 heterocycles. The summed E-state index contributed by atoms with van der Waals surface area (Å²) in [5.74, 6) is -3.62. The lowest BCUT2D eigenvalue weighted by atomic mass is 9.77. The van der Waals surface area contributed by atoms with Crippen molar-refractivity contribution < 1.29 is 31.4 Å². The number of hydrogen-bond donors (Lipinski definition) is 0. The van der Waals surface area contributed by atoms with Gasteiger partial charge in [0, 0.05) is 5.56 Å². The van der Waals surface area contributed by atoms with Gasteiger partial charge in [-0.15, -0.1) is 0 Å². The normalized spacial score (nSPS) is 16.0. The number of benzene rings is 4. The van der Waals surface area contributed by atoms with E-state index in [0.29, 0.717) is 36.0 Å². The predicted octanol–water partition coefficient (Wildman–Crippen LogP) is 13.8. The van der Waals surface area contributed by atoms with Gasteiger partial charge >= 0.3 is 0 Å². The topological polar surface area (TPSA) is 18.5 Å². The van der Waals surface area contributed by atoms with Crippen LogP contribution in [0.15, 0.2) is 72.8 Å². The Bertz CT molecular complexity index is 1620. The van der Waals surface area contributed by atoms with E-state index >= 15 is 4.39 Å². The Morgan fingerprint density at radius 2 is 1.08 bits per heavy atom. The highest BCUT2D eigenvalue weighted by Gasteiger charge is 2.22. The van der Waals surface area contributed by atoms with Gasteiger partial charge in [-0.2, -0.15) is 4.39 Å². The van der Waals surface area contributed by atoms with E-state index in [2.05, 4.69) is 19.1 Å². The van der Waals surface area contributed by atoms with Gasteiger partial charge in [0.05, 0.1) is 13.2 Å². The summed E-state index contributed by atoms with van der Waals surface area (Å²) in [6, 6.07) is 20.0. The Kier molecular flexibility index (Phi) is 14.8. The molecule has 0 bridgehead atoms. The van der Waals surface area contributed by atoms with Crippen LogP contribution in [0.1, 0.15) is 115 Å². The first kappa shape index (κ1) is 38.4. The maximum absolute atomic E-state index is 15.0. The van der Waals surface area contributed by atoms with E-state index in [1.165, 1.54) is 44.1 Å². The molecule has 0 atom stereocenters. The molecule has 0 amide bonds. The molecule has 4 aromatic rings. The maximum atomic E-state index is 15.0. The van der Waals surface area contributed by atoms with Crippen LogP contribution in [0, 0.1) is 35.0 Å². The lowest BCUT2D eigenvalue weighted by Crippen LogP contribution is -2.13. The van der Waals surface area contributed by atoms with Crippen LogP contribution in [-0.2, 0) is 0 Å². The van der Waals surface area contributed by atoms with Crippen molar-refractivity contribution in [1.29, 1.82) is 0 Å². The van der Waals surface area contributed by atoms with Crippen molar-refractivity contribution >= 4 is 0 Å². The van der Waals surface area contributed by atoms with E-state index in [-0.39, 0.29) is 16.9 Å². The van der Waals surface area contributed by atoms with Crippen LogP contribution in [0.4, 0.5) is 22.0 Å². The number of ether oxygens (including phenoxy) is 2. The van der Waals surface area contributed by atoms with Gasteiger partial charge in [-0.25, -0.2) is 17.6 Å². The smallest absolute Gasteiger partial charge is 0.201 e. The van der Waals surface area contributed by atoms with Crippen molar-refractivity contribution in [3.05, 3.63) is 107 Å². The summed E-state index contributed by atoms with van der Waals surface area (Å²) in [6.07, 6.45) is 16.9. The standard InChI is InChI=1S/C44H51F5O2/c1-2-12-31-13-15-32(16-14-31)33-17-19-35(20-18-33)38-25-26-41(44(49)42(38)47)51-28-11-9-7-5-3-4-6-8-10-27-50-37-23-21-34(22-24-37)36-29-39(45)43(48)40(46)30-36/h17-26,29-32H,2-16,27-28H2,1H3. The maximum Gasteiger partial charge on any atom is 0.201 e. The first-order chi connectivity index (χ1) is 24.8. The fourth-order valence-electron chi connectivity index (χ4n) is 7.27. The zero-order valence-corrected chi connectivity index (χ0v) is 29.8. The number of halogens is 5. The average molecular weight is 707 g/mol. The van der Waals surface area contributed by atoms with E-state index in [4.69, 9.17) is 9.47 Å². The molecule has 0 spiro atoms. The van der Waals surface area contributed by atoms with Gasteiger partial charge < -0.3 is 9.47 Å². The monoisotopic (exact) mass is 706 g/mol. The third-order valence-electron chi connectivity index (χ3n) is 10.3. The number of unbranched alkanes of at least 4 members (excludes halogenated alkanes) is 8. The minimum Gasteiger partial charge on any atom is -0.494 e. The van der Waals surface area contributed by atoms with E-state index in [0.717, 1.165) is 75.8 Å². The zero-order chi connectivity index (χ0) is 36.0. The summed E-state index contributed by atoms with van der Waals surface area (Å²) in [4.78, 5) is 0. The molecule has 1 aliphatic rings. The van der Waals surface area contributed by atoms with E-state index in [1.54, 1.807) is 36.4 Å². The van der Waals surface area contributed by atoms with Gasteiger partial charge in [-0.3, -0.25) is 0 Å². The SMILES string of the molecule is CCCC1CCC(c2ccc(-c3ccc(OCCCCCCCCCCCOc4ccc(-c5cc(F)c(F)c(F)c5)cc4)c(F)c3F)cc2)CC1. The van der Waals surface area contributed by atoms with Crippen molar-refractivity contribution in [2.24, 2.45) is 5.92 Å². The fraction of sp³-hybridized carbons (Fsp3) is 0.455. The van der Waals surface area contributed by atoms with Gasteiger partial charge in [0.1, 0.15) is 5.75 Å². The molecule has 0 N–H and O–H groups in total. The third-order valence-corrected chi connectivity index (χ3v) is 10.3. The number of hydrogen-bond acceptors (Lipinski definition) is 2. The molecule has 0 radical (unpaired) electrons. The Hall–Kier alpha value is -3.87. The van der Waals surface area contributed by atoms with Gasteiger partial charge in [-0.1, -0.05) is 101 Å². The van der Waals surface area contributed by atoms with Crippen LogP contribution in [0.3, 0.4) is 0 Å². The largest absolute Gasteiger partial charge is 0.494 e. The quantitative estimate of drug-likeness (QED) is 0.0549. The van der Waals surface area contributed by atoms with Crippen molar-refractivity contribution in [2.45, 2.75) is 109 Å². The molecule has 1 saturated carbocycles. The highest BCUT2D eigenvalue weighted by Crippen LogP contribution is 2.38. The molecule has 0 saturated heterocycles. The van der Waals surface area contributed by atoms with Gasteiger partial charge in [0.2, 0.25) is 5.82 Å². The average Bonchev–Trinajstić information content (AvgIpc) is 3.15. The lowest BCUT2D eigenvalue weighted by Gasteiger charge is -2.28. The second-order valence-electron chi connectivity index (χ2n) is 14.0. The molecular weight excluding hydrogens is 655 g/mol. The van der Waals surface area contributed by atoms with Crippen LogP contribution >= 0.6 is 0 Å². The first-order valence-corrected chi connectivity index (χ1v) is 18.9. The Labute approximate surface area is 300 Å². The predicted molar refractivity (Wildman–Crippen MR) is 196 cm³/mol. The van der Waals surface area contributed by atoms with E-state index in [1.807, 2.05) is 12.1 Å². The minimum absolute atomic E-state index is 0.0314. The third kappa shape index (κ3) is 11.1. The summed E-state index contributed by atoms with van der Waals surface area (Å²) in [5, 5.41) is 0. The van der Waals surface area contributed by atoms with Crippen molar-refractivity contribution in [3.8, 4) is 33.8 Å². The van der Waals surface area contributed by atoms with E-state index in [9.17, 15) is 17.6 Å². The molecule has 7 heteroatoms. The van der Waals surface area contributed by atoms with Gasteiger partial charge in [-0.05, 0) is 109 Å². The molecule has 0 unspecified atom stereocenters. The molecule has 51 heavy (non-hydrogen) atoms. The highest BCUT2D eigenvalue weighted by molar-refractivity contribution is 5.66. The van der Waals surface area contributed by atoms with Gasteiger partial charge in [0.15, 0.2) is 29.0 Å². The molecule has 1 fully saturated rings. The van der Waals surface area contributed by atoms with Crippen molar-refractivity contribution in [2.75, 3.05) is 13.2 Å². The van der Waals surface area contributed by atoms with E-state index < -0.39 is 29.1 Å².